The van der Waals surface area contributed by atoms with Gasteiger partial charge >= 0.3 is 0 Å². The fraction of sp³-hybridized carbons (Fsp3) is 0.231. The predicted molar refractivity (Wildman–Crippen MR) is 133 cm³/mol. The van der Waals surface area contributed by atoms with Crippen molar-refractivity contribution in [2.75, 3.05) is 6.54 Å². The number of unbranched alkanes of at least 4 members (excludes halogenated alkanes) is 1. The van der Waals surface area contributed by atoms with Crippen molar-refractivity contribution in [1.29, 1.82) is 0 Å². The normalized spacial score (nSPS) is 12.2. The van der Waals surface area contributed by atoms with Crippen LogP contribution in [0.5, 0.6) is 0 Å². The number of nitrogens with zero attached hydrogens (tertiary/aromatic N) is 3. The van der Waals surface area contributed by atoms with Crippen molar-refractivity contribution in [2.45, 2.75) is 37.6 Å². The molecule has 2 heterocycles. The van der Waals surface area contributed by atoms with Crippen molar-refractivity contribution in [1.82, 2.24) is 19.3 Å². The first kappa shape index (κ1) is 21.6. The molecular weight excluding hydrogens is 432 g/mol. The van der Waals surface area contributed by atoms with E-state index in [-0.39, 0.29) is 11.4 Å². The number of fused-ring (bicyclic) bond motifs is 4. The smallest absolute Gasteiger partial charge is 0.240 e. The molecule has 0 saturated carbocycles. The molecule has 2 aromatic heterocycles. The van der Waals surface area contributed by atoms with Crippen molar-refractivity contribution in [2.24, 2.45) is 0 Å². The van der Waals surface area contributed by atoms with Gasteiger partial charge in [0.25, 0.3) is 0 Å². The van der Waals surface area contributed by atoms with Gasteiger partial charge in [0.05, 0.1) is 22.1 Å². The average molecular weight is 459 g/mol. The summed E-state index contributed by atoms with van der Waals surface area (Å²) in [5, 5.41) is 2.95. The molecule has 33 heavy (non-hydrogen) atoms. The van der Waals surface area contributed by atoms with E-state index in [1.807, 2.05) is 60.8 Å². The number of nitrogens with one attached hydrogen (secondary N) is 1. The second-order valence-corrected chi connectivity index (χ2v) is 9.97. The Morgan fingerprint density at radius 3 is 2.58 bits per heavy atom. The van der Waals surface area contributed by atoms with Crippen LogP contribution in [0.3, 0.4) is 0 Å². The summed E-state index contributed by atoms with van der Waals surface area (Å²) in [5.41, 5.74) is 2.76. The summed E-state index contributed by atoms with van der Waals surface area (Å²) < 4.78 is 30.9. The maximum Gasteiger partial charge on any atom is 0.240 e. The molecule has 0 atom stereocenters. The minimum absolute atomic E-state index is 0.274. The molecule has 0 radical (unpaired) electrons. The van der Waals surface area contributed by atoms with E-state index in [4.69, 9.17) is 4.98 Å². The minimum atomic E-state index is -3.63. The van der Waals surface area contributed by atoms with E-state index < -0.39 is 10.0 Å². The van der Waals surface area contributed by atoms with Gasteiger partial charge in [0.2, 0.25) is 10.0 Å². The van der Waals surface area contributed by atoms with Gasteiger partial charge in [0.15, 0.2) is 0 Å². The molecule has 5 aromatic rings. The van der Waals surface area contributed by atoms with Crippen LogP contribution in [0.25, 0.3) is 32.7 Å². The molecule has 7 heteroatoms. The Balaban J connectivity index is 1.45. The fourth-order valence-electron chi connectivity index (χ4n) is 4.29. The molecule has 0 aliphatic carbocycles. The Morgan fingerprint density at radius 1 is 0.939 bits per heavy atom. The largest absolute Gasteiger partial charge is 0.326 e. The van der Waals surface area contributed by atoms with Crippen LogP contribution in [0, 0.1) is 0 Å². The molecule has 0 saturated heterocycles. The van der Waals surface area contributed by atoms with E-state index in [9.17, 15) is 8.42 Å². The van der Waals surface area contributed by atoms with E-state index >= 15 is 0 Å². The van der Waals surface area contributed by atoms with Gasteiger partial charge < -0.3 is 4.57 Å². The highest BCUT2D eigenvalue weighted by atomic mass is 32.2. The van der Waals surface area contributed by atoms with E-state index in [1.54, 1.807) is 12.1 Å². The molecule has 0 spiro atoms. The van der Waals surface area contributed by atoms with Gasteiger partial charge in [0, 0.05) is 24.9 Å². The van der Waals surface area contributed by atoms with E-state index in [0.29, 0.717) is 6.54 Å². The summed E-state index contributed by atoms with van der Waals surface area (Å²) in [6.45, 7) is 2.93. The maximum atomic E-state index is 13.0. The third-order valence-electron chi connectivity index (χ3n) is 5.97. The van der Waals surface area contributed by atoms with Crippen LogP contribution in [-0.4, -0.2) is 29.5 Å². The molecule has 0 fully saturated rings. The molecular formula is C26H26N4O2S. The van der Waals surface area contributed by atoms with Crippen LogP contribution in [0.1, 0.15) is 25.6 Å². The van der Waals surface area contributed by atoms with Crippen LogP contribution >= 0.6 is 0 Å². The third-order valence-corrected chi connectivity index (χ3v) is 7.43. The van der Waals surface area contributed by atoms with Crippen LogP contribution in [0.2, 0.25) is 0 Å². The number of sulfonamides is 1. The monoisotopic (exact) mass is 458 g/mol. The highest BCUT2D eigenvalue weighted by Crippen LogP contribution is 2.25. The highest BCUT2D eigenvalue weighted by molar-refractivity contribution is 7.89. The number of pyridine rings is 1. The fourth-order valence-corrected chi connectivity index (χ4v) is 5.34. The lowest BCUT2D eigenvalue weighted by Gasteiger charge is -2.12. The first-order valence-electron chi connectivity index (χ1n) is 11.3. The van der Waals surface area contributed by atoms with Crippen LogP contribution in [0.15, 0.2) is 77.8 Å². The Kier molecular flexibility index (Phi) is 5.83. The maximum absolute atomic E-state index is 13.0. The van der Waals surface area contributed by atoms with Gasteiger partial charge in [-0.3, -0.25) is 4.98 Å². The van der Waals surface area contributed by atoms with E-state index in [0.717, 1.165) is 57.8 Å². The number of imidazole rings is 1. The van der Waals surface area contributed by atoms with Gasteiger partial charge in [0.1, 0.15) is 11.3 Å². The molecule has 168 valence electrons. The number of benzene rings is 3. The SMILES string of the molecule is CCCCc1nc2cnc3ccccc3c2n1CCNS(=O)(=O)c1ccc2ccccc2c1. The molecule has 5 rings (SSSR count). The van der Waals surface area contributed by atoms with Gasteiger partial charge in [-0.15, -0.1) is 0 Å². The lowest BCUT2D eigenvalue weighted by Crippen LogP contribution is -2.28. The van der Waals surface area contributed by atoms with Crippen LogP contribution in [0.4, 0.5) is 0 Å². The Hall–Kier alpha value is -3.29. The average Bonchev–Trinajstić information content (AvgIpc) is 3.20. The summed E-state index contributed by atoms with van der Waals surface area (Å²) in [6, 6.07) is 21.0. The second-order valence-electron chi connectivity index (χ2n) is 8.20. The van der Waals surface area contributed by atoms with Crippen molar-refractivity contribution < 1.29 is 8.42 Å². The molecule has 3 aromatic carbocycles. The van der Waals surface area contributed by atoms with Crippen molar-refractivity contribution in [3.05, 3.63) is 78.8 Å². The highest BCUT2D eigenvalue weighted by Gasteiger charge is 2.17. The number of para-hydroxylation sites is 1. The zero-order valence-corrected chi connectivity index (χ0v) is 19.3. The standard InChI is InChI=1S/C26H26N4O2S/c1-2-3-12-25-29-24-18-27-23-11-7-6-10-22(23)26(24)30(25)16-15-28-33(31,32)21-14-13-19-8-4-5-9-20(19)17-21/h4-11,13-14,17-18,28H,2-3,12,15-16H2,1H3. The first-order valence-corrected chi connectivity index (χ1v) is 12.8. The number of aromatic nitrogens is 3. The zero-order chi connectivity index (χ0) is 22.8. The second kappa shape index (κ2) is 8.92. The summed E-state index contributed by atoms with van der Waals surface area (Å²) in [6.07, 6.45) is 4.74. The summed E-state index contributed by atoms with van der Waals surface area (Å²) in [5.74, 6) is 0.968. The van der Waals surface area contributed by atoms with E-state index in [2.05, 4.69) is 21.2 Å². The molecule has 6 nitrogen and oxygen atoms in total. The predicted octanol–water partition coefficient (Wildman–Crippen LogP) is 5.06. The number of hydrogen-bond acceptors (Lipinski definition) is 4. The summed E-state index contributed by atoms with van der Waals surface area (Å²) in [4.78, 5) is 9.65. The lowest BCUT2D eigenvalue weighted by molar-refractivity contribution is 0.570. The third kappa shape index (κ3) is 4.21. The van der Waals surface area contributed by atoms with Crippen LogP contribution in [-0.2, 0) is 23.0 Å². The minimum Gasteiger partial charge on any atom is -0.326 e. The van der Waals surface area contributed by atoms with Crippen molar-refractivity contribution in [3.63, 3.8) is 0 Å². The van der Waals surface area contributed by atoms with Gasteiger partial charge in [-0.05, 0) is 35.4 Å². The quantitative estimate of drug-likeness (QED) is 0.353. The topological polar surface area (TPSA) is 76.9 Å². The van der Waals surface area contributed by atoms with Gasteiger partial charge in [-0.1, -0.05) is 61.9 Å². The lowest BCUT2D eigenvalue weighted by atomic mass is 10.1. The first-order chi connectivity index (χ1) is 16.1. The molecule has 0 unspecified atom stereocenters. The van der Waals surface area contributed by atoms with Crippen molar-refractivity contribution >= 4 is 42.7 Å². The number of rotatable bonds is 8. The summed E-state index contributed by atoms with van der Waals surface area (Å²) in [7, 11) is -3.63. The molecule has 0 amide bonds. The molecule has 0 aliphatic heterocycles. The molecule has 1 N–H and O–H groups in total. The molecule has 0 bridgehead atoms. The number of aryl methyl sites for hydroxylation is 1. The van der Waals surface area contributed by atoms with Crippen LogP contribution < -0.4 is 4.72 Å². The van der Waals surface area contributed by atoms with Gasteiger partial charge in [-0.2, -0.15) is 0 Å². The van der Waals surface area contributed by atoms with Crippen molar-refractivity contribution in [3.8, 4) is 0 Å². The zero-order valence-electron chi connectivity index (χ0n) is 18.5. The Bertz CT molecular complexity index is 1560. The molecule has 0 aliphatic rings. The van der Waals surface area contributed by atoms with Gasteiger partial charge in [-0.25, -0.2) is 18.1 Å². The Morgan fingerprint density at radius 2 is 1.73 bits per heavy atom. The van der Waals surface area contributed by atoms with E-state index in [1.165, 1.54) is 0 Å². The number of hydrogen-bond donors (Lipinski definition) is 1. The summed E-state index contributed by atoms with van der Waals surface area (Å²) >= 11 is 0. The Labute approximate surface area is 193 Å².